The minimum absolute atomic E-state index is 0.0241. The third-order valence-electron chi connectivity index (χ3n) is 4.93. The number of rotatable bonds is 7. The van der Waals surface area contributed by atoms with E-state index in [9.17, 15) is 4.79 Å². The molecule has 1 fully saturated rings. The number of nitrogens with zero attached hydrogens (tertiary/aromatic N) is 2. The lowest BCUT2D eigenvalue weighted by atomic mass is 10.0. The Morgan fingerprint density at radius 1 is 1.04 bits per heavy atom. The average molecular weight is 368 g/mol. The molecule has 1 aliphatic heterocycles. The molecule has 0 saturated carbocycles. The van der Waals surface area contributed by atoms with Crippen molar-refractivity contribution in [1.82, 2.24) is 9.80 Å². The lowest BCUT2D eigenvalue weighted by Crippen LogP contribution is -2.49. The summed E-state index contributed by atoms with van der Waals surface area (Å²) in [4.78, 5) is 17.4. The zero-order valence-electron chi connectivity index (χ0n) is 16.1. The van der Waals surface area contributed by atoms with Crippen LogP contribution in [0, 0.1) is 0 Å². The molecule has 2 aromatic carbocycles. The average Bonchev–Trinajstić information content (AvgIpc) is 2.72. The van der Waals surface area contributed by atoms with Gasteiger partial charge in [0.05, 0.1) is 18.2 Å². The first-order valence-corrected chi connectivity index (χ1v) is 9.54. The number of piperazine rings is 1. The van der Waals surface area contributed by atoms with E-state index < -0.39 is 0 Å². The van der Waals surface area contributed by atoms with Crippen molar-refractivity contribution in [3.8, 4) is 5.75 Å². The molecular weight excluding hydrogens is 340 g/mol. The van der Waals surface area contributed by atoms with Crippen LogP contribution in [0.15, 0.2) is 54.6 Å². The summed E-state index contributed by atoms with van der Waals surface area (Å²) in [5, 5.41) is 0. The van der Waals surface area contributed by atoms with Crippen molar-refractivity contribution in [1.29, 1.82) is 0 Å². The van der Waals surface area contributed by atoms with Gasteiger partial charge in [-0.15, -0.1) is 0 Å². The number of carbonyl (C=O) groups is 1. The van der Waals surface area contributed by atoms with E-state index >= 15 is 0 Å². The van der Waals surface area contributed by atoms with Crippen molar-refractivity contribution in [3.63, 3.8) is 0 Å². The largest absolute Gasteiger partial charge is 0.490 e. The van der Waals surface area contributed by atoms with Gasteiger partial charge in [-0.05, 0) is 31.7 Å². The molecular formula is C22H28N2O3. The standard InChI is InChI=1S/C22H28N2O3/c1-3-26-15-16-27-21-12-8-7-11-19(21)22(25)24-14-13-23(2)20(17-24)18-9-5-4-6-10-18/h4-12,20H,3,13-17H2,1-2H3/t20-/m1/s1. The lowest BCUT2D eigenvalue weighted by Gasteiger charge is -2.40. The Balaban J connectivity index is 1.72. The second-order valence-electron chi connectivity index (χ2n) is 6.70. The van der Waals surface area contributed by atoms with Gasteiger partial charge in [0, 0.05) is 26.2 Å². The van der Waals surface area contributed by atoms with Gasteiger partial charge < -0.3 is 14.4 Å². The van der Waals surface area contributed by atoms with Crippen molar-refractivity contribution in [2.75, 3.05) is 46.5 Å². The zero-order valence-corrected chi connectivity index (χ0v) is 16.1. The Bertz CT molecular complexity index is 735. The highest BCUT2D eigenvalue weighted by atomic mass is 16.5. The molecule has 0 bridgehead atoms. The number of likely N-dealkylation sites (N-methyl/N-ethyl adjacent to an activating group) is 1. The molecule has 0 aromatic heterocycles. The molecule has 0 N–H and O–H groups in total. The van der Waals surface area contributed by atoms with Gasteiger partial charge in [-0.1, -0.05) is 42.5 Å². The maximum absolute atomic E-state index is 13.2. The van der Waals surface area contributed by atoms with E-state index in [0.29, 0.717) is 44.2 Å². The number of benzene rings is 2. The zero-order chi connectivity index (χ0) is 19.1. The summed E-state index contributed by atoms with van der Waals surface area (Å²) in [6.45, 7) is 5.80. The molecule has 0 radical (unpaired) electrons. The van der Waals surface area contributed by atoms with E-state index in [1.165, 1.54) is 5.56 Å². The van der Waals surface area contributed by atoms with Crippen molar-refractivity contribution < 1.29 is 14.3 Å². The van der Waals surface area contributed by atoms with Gasteiger partial charge in [0.25, 0.3) is 5.91 Å². The van der Waals surface area contributed by atoms with Crippen LogP contribution >= 0.6 is 0 Å². The van der Waals surface area contributed by atoms with Crippen LogP contribution in [0.5, 0.6) is 5.75 Å². The van der Waals surface area contributed by atoms with Gasteiger partial charge in [0.1, 0.15) is 12.4 Å². The molecule has 27 heavy (non-hydrogen) atoms. The summed E-state index contributed by atoms with van der Waals surface area (Å²) in [7, 11) is 2.12. The molecule has 144 valence electrons. The minimum Gasteiger partial charge on any atom is -0.490 e. The first kappa shape index (κ1) is 19.4. The summed E-state index contributed by atoms with van der Waals surface area (Å²) >= 11 is 0. The fourth-order valence-corrected chi connectivity index (χ4v) is 3.39. The van der Waals surface area contributed by atoms with Gasteiger partial charge in [-0.2, -0.15) is 0 Å². The molecule has 5 nitrogen and oxygen atoms in total. The van der Waals surface area contributed by atoms with E-state index in [2.05, 4.69) is 24.1 Å². The summed E-state index contributed by atoms with van der Waals surface area (Å²) < 4.78 is 11.1. The van der Waals surface area contributed by atoms with E-state index in [4.69, 9.17) is 9.47 Å². The van der Waals surface area contributed by atoms with Crippen LogP contribution in [-0.4, -0.2) is 62.2 Å². The Labute approximate surface area is 161 Å². The second-order valence-corrected chi connectivity index (χ2v) is 6.70. The van der Waals surface area contributed by atoms with Gasteiger partial charge in [0.15, 0.2) is 0 Å². The SMILES string of the molecule is CCOCCOc1ccccc1C(=O)N1CCN(C)[C@@H](c2ccccc2)C1. The third kappa shape index (κ3) is 4.87. The summed E-state index contributed by atoms with van der Waals surface area (Å²) in [6.07, 6.45) is 0. The number of hydrogen-bond donors (Lipinski definition) is 0. The van der Waals surface area contributed by atoms with E-state index in [1.54, 1.807) is 0 Å². The lowest BCUT2D eigenvalue weighted by molar-refractivity contribution is 0.0539. The molecule has 2 aromatic rings. The molecule has 1 amide bonds. The first-order chi connectivity index (χ1) is 13.2. The van der Waals surface area contributed by atoms with E-state index in [0.717, 1.165) is 6.54 Å². The number of amides is 1. The normalized spacial score (nSPS) is 17.7. The highest BCUT2D eigenvalue weighted by Gasteiger charge is 2.29. The van der Waals surface area contributed by atoms with Crippen LogP contribution < -0.4 is 4.74 Å². The molecule has 0 aliphatic carbocycles. The van der Waals surface area contributed by atoms with Crippen LogP contribution in [-0.2, 0) is 4.74 Å². The molecule has 0 spiro atoms. The quantitative estimate of drug-likeness (QED) is 0.704. The van der Waals surface area contributed by atoms with Gasteiger partial charge in [-0.25, -0.2) is 0 Å². The molecule has 1 aliphatic rings. The Morgan fingerprint density at radius 3 is 2.56 bits per heavy atom. The van der Waals surface area contributed by atoms with Crippen molar-refractivity contribution in [3.05, 3.63) is 65.7 Å². The highest BCUT2D eigenvalue weighted by Crippen LogP contribution is 2.27. The molecule has 1 heterocycles. The molecule has 1 atom stereocenters. The Kier molecular flexibility index (Phi) is 6.85. The van der Waals surface area contributed by atoms with E-state index in [1.807, 2.05) is 54.3 Å². The van der Waals surface area contributed by atoms with Crippen LogP contribution in [0.3, 0.4) is 0 Å². The highest BCUT2D eigenvalue weighted by molar-refractivity contribution is 5.97. The first-order valence-electron chi connectivity index (χ1n) is 9.54. The number of carbonyl (C=O) groups excluding carboxylic acids is 1. The maximum Gasteiger partial charge on any atom is 0.257 e. The van der Waals surface area contributed by atoms with Crippen LogP contribution in [0.4, 0.5) is 0 Å². The van der Waals surface area contributed by atoms with Crippen molar-refractivity contribution in [2.24, 2.45) is 0 Å². The predicted molar refractivity (Wildman–Crippen MR) is 106 cm³/mol. The molecule has 3 rings (SSSR count). The smallest absolute Gasteiger partial charge is 0.257 e. The van der Waals surface area contributed by atoms with Gasteiger partial charge >= 0.3 is 0 Å². The topological polar surface area (TPSA) is 42.0 Å². The van der Waals surface area contributed by atoms with E-state index in [-0.39, 0.29) is 11.9 Å². The van der Waals surface area contributed by atoms with Gasteiger partial charge in [-0.3, -0.25) is 9.69 Å². The van der Waals surface area contributed by atoms with Gasteiger partial charge in [0.2, 0.25) is 0 Å². The summed E-state index contributed by atoms with van der Waals surface area (Å²) in [5.41, 5.74) is 1.85. The van der Waals surface area contributed by atoms with Crippen molar-refractivity contribution in [2.45, 2.75) is 13.0 Å². The minimum atomic E-state index is 0.0241. The molecule has 0 unspecified atom stereocenters. The van der Waals surface area contributed by atoms with Crippen molar-refractivity contribution >= 4 is 5.91 Å². The Hall–Kier alpha value is -2.37. The summed E-state index contributed by atoms with van der Waals surface area (Å²) in [6, 6.07) is 18.0. The molecule has 1 saturated heterocycles. The Morgan fingerprint density at radius 2 is 1.78 bits per heavy atom. The summed E-state index contributed by atoms with van der Waals surface area (Å²) in [5.74, 6) is 0.647. The fraction of sp³-hybridized carbons (Fsp3) is 0.409. The van der Waals surface area contributed by atoms with Crippen LogP contribution in [0.2, 0.25) is 0 Å². The number of hydrogen-bond acceptors (Lipinski definition) is 4. The fourth-order valence-electron chi connectivity index (χ4n) is 3.39. The maximum atomic E-state index is 13.2. The molecule has 5 heteroatoms. The number of ether oxygens (including phenoxy) is 2. The van der Waals surface area contributed by atoms with Crippen LogP contribution in [0.1, 0.15) is 28.9 Å². The monoisotopic (exact) mass is 368 g/mol. The predicted octanol–water partition coefficient (Wildman–Crippen LogP) is 3.23. The second kappa shape index (κ2) is 9.53. The third-order valence-corrected chi connectivity index (χ3v) is 4.93. The van der Waals surface area contributed by atoms with Crippen LogP contribution in [0.25, 0.3) is 0 Å². The number of para-hydroxylation sites is 1.